The fourth-order valence-corrected chi connectivity index (χ4v) is 10.7. The Labute approximate surface area is 404 Å². The highest BCUT2D eigenvalue weighted by Gasteiger charge is 2.26. The Balaban J connectivity index is 1.12. The highest BCUT2D eigenvalue weighted by atomic mass is 16.3. The van der Waals surface area contributed by atoms with Crippen molar-refractivity contribution >= 4 is 110 Å². The van der Waals surface area contributed by atoms with Crippen LogP contribution in [0, 0.1) is 0 Å². The lowest BCUT2D eigenvalue weighted by Gasteiger charge is -2.32. The average Bonchev–Trinajstić information content (AvgIpc) is 3.99. The lowest BCUT2D eigenvalue weighted by atomic mass is 9.93. The minimum atomic E-state index is 0.835. The van der Waals surface area contributed by atoms with Crippen LogP contribution in [0.4, 0.5) is 34.1 Å². The molecule has 2 heterocycles. The van der Waals surface area contributed by atoms with Gasteiger partial charge in [-0.3, -0.25) is 0 Å². The lowest BCUT2D eigenvalue weighted by Crippen LogP contribution is -2.13. The van der Waals surface area contributed by atoms with Crippen molar-refractivity contribution in [3.63, 3.8) is 0 Å². The van der Waals surface area contributed by atoms with E-state index in [0.717, 1.165) is 133 Å². The van der Waals surface area contributed by atoms with Gasteiger partial charge in [-0.15, -0.1) is 0 Å². The van der Waals surface area contributed by atoms with Gasteiger partial charge in [-0.25, -0.2) is 0 Å². The van der Waals surface area contributed by atoms with Gasteiger partial charge < -0.3 is 18.6 Å². The van der Waals surface area contributed by atoms with Crippen LogP contribution in [-0.2, 0) is 0 Å². The Morgan fingerprint density at radius 2 is 0.686 bits per heavy atom. The zero-order chi connectivity index (χ0) is 46.1. The van der Waals surface area contributed by atoms with Crippen LogP contribution in [0.1, 0.15) is 0 Å². The van der Waals surface area contributed by atoms with Gasteiger partial charge in [0.05, 0.1) is 22.7 Å². The molecule has 0 bridgehead atoms. The van der Waals surface area contributed by atoms with E-state index in [2.05, 4.69) is 240 Å². The first-order chi connectivity index (χ1) is 34.7. The summed E-state index contributed by atoms with van der Waals surface area (Å²) in [6, 6.07) is 91.6. The summed E-state index contributed by atoms with van der Waals surface area (Å²) in [5.74, 6) is 0. The Morgan fingerprint density at radius 1 is 0.229 bits per heavy atom. The fourth-order valence-electron chi connectivity index (χ4n) is 10.7. The summed E-state index contributed by atoms with van der Waals surface area (Å²) in [5.41, 5.74) is 14.1. The number of anilines is 6. The van der Waals surface area contributed by atoms with Gasteiger partial charge in [0.25, 0.3) is 0 Å². The lowest BCUT2D eigenvalue weighted by molar-refractivity contribution is 0.668. The first kappa shape index (κ1) is 39.8. The van der Waals surface area contributed by atoms with Crippen LogP contribution in [0.15, 0.2) is 264 Å². The summed E-state index contributed by atoms with van der Waals surface area (Å²) in [6.45, 7) is 0. The molecular weight excluding hydrogens is 853 g/mol. The van der Waals surface area contributed by atoms with Crippen molar-refractivity contribution in [2.45, 2.75) is 0 Å². The van der Waals surface area contributed by atoms with Gasteiger partial charge >= 0.3 is 0 Å². The molecule has 0 unspecified atom stereocenters. The number of hydrogen-bond donors (Lipinski definition) is 0. The van der Waals surface area contributed by atoms with E-state index in [9.17, 15) is 0 Å². The van der Waals surface area contributed by atoms with Crippen LogP contribution in [0.2, 0.25) is 0 Å². The number of nitrogens with zero attached hydrogens (tertiary/aromatic N) is 2. The Kier molecular flexibility index (Phi) is 9.17. The number of para-hydroxylation sites is 2. The summed E-state index contributed by atoms with van der Waals surface area (Å²) in [5, 5.41) is 11.2. The van der Waals surface area contributed by atoms with Crippen LogP contribution < -0.4 is 9.80 Å². The molecule has 0 aliphatic rings. The molecule has 14 rings (SSSR count). The van der Waals surface area contributed by atoms with Crippen LogP contribution >= 0.6 is 0 Å². The molecule has 0 fully saturated rings. The molecule has 0 amide bonds. The van der Waals surface area contributed by atoms with E-state index < -0.39 is 0 Å². The Morgan fingerprint density at radius 3 is 1.26 bits per heavy atom. The zero-order valence-corrected chi connectivity index (χ0v) is 38.0. The van der Waals surface area contributed by atoms with Gasteiger partial charge in [0.15, 0.2) is 0 Å². The van der Waals surface area contributed by atoms with Crippen molar-refractivity contribution in [2.24, 2.45) is 0 Å². The Hall–Kier alpha value is -9.38. The highest BCUT2D eigenvalue weighted by molar-refractivity contribution is 6.13. The molecule has 0 atom stereocenters. The van der Waals surface area contributed by atoms with Crippen molar-refractivity contribution in [1.82, 2.24) is 0 Å². The van der Waals surface area contributed by atoms with E-state index >= 15 is 0 Å². The van der Waals surface area contributed by atoms with Gasteiger partial charge in [-0.1, -0.05) is 170 Å². The van der Waals surface area contributed by atoms with Gasteiger partial charge in [0.2, 0.25) is 0 Å². The number of hydrogen-bond acceptors (Lipinski definition) is 4. The molecule has 4 nitrogen and oxygen atoms in total. The van der Waals surface area contributed by atoms with Crippen LogP contribution in [-0.4, -0.2) is 0 Å². The second-order valence-corrected chi connectivity index (χ2v) is 18.0. The second kappa shape index (κ2) is 16.2. The van der Waals surface area contributed by atoms with E-state index in [1.165, 1.54) is 0 Å². The first-order valence-corrected chi connectivity index (χ1v) is 23.8. The minimum Gasteiger partial charge on any atom is -0.456 e. The van der Waals surface area contributed by atoms with Gasteiger partial charge in [-0.05, 0) is 106 Å². The quantitative estimate of drug-likeness (QED) is 0.152. The fraction of sp³-hybridized carbons (Fsp3) is 0. The summed E-state index contributed by atoms with van der Waals surface area (Å²) in [4.78, 5) is 4.88. The normalized spacial score (nSPS) is 11.7. The smallest absolute Gasteiger partial charge is 0.137 e. The summed E-state index contributed by atoms with van der Waals surface area (Å²) < 4.78 is 13.3. The maximum Gasteiger partial charge on any atom is 0.137 e. The van der Waals surface area contributed by atoms with E-state index in [1.54, 1.807) is 0 Å². The Bertz CT molecular complexity index is 4310. The van der Waals surface area contributed by atoms with Crippen LogP contribution in [0.5, 0.6) is 0 Å². The average molecular weight is 895 g/mol. The standard InChI is InChI=1S/C66H42N2O2/c1-3-17-43(18-4-1)47-37-48-38-57(46-19-5-2-6-20-46)62(68(60-30-16-24-45-22-8-10-26-52(45)60)50-34-36-56-54-28-12-14-32-64(54)70-66(56)41-50)42-58(48)61(39-47)67(59-29-15-23-44-21-7-9-25-51(44)59)49-33-35-55-53-27-11-13-31-63(53)69-65(55)40-49/h1-42H. The van der Waals surface area contributed by atoms with E-state index in [1.807, 2.05) is 24.3 Å². The second-order valence-electron chi connectivity index (χ2n) is 18.0. The van der Waals surface area contributed by atoms with E-state index in [4.69, 9.17) is 8.83 Å². The van der Waals surface area contributed by atoms with Gasteiger partial charge in [0, 0.05) is 66.8 Å². The van der Waals surface area contributed by atoms with E-state index in [0.29, 0.717) is 0 Å². The zero-order valence-electron chi connectivity index (χ0n) is 38.0. The van der Waals surface area contributed by atoms with Crippen LogP contribution in [0.3, 0.4) is 0 Å². The SMILES string of the molecule is c1ccc(-c2cc(N(c3ccc4c(c3)oc3ccccc34)c3cccc4ccccc34)c3cc(N(c4ccc5c(c4)oc4ccccc45)c4cccc5ccccc45)c(-c4ccccc4)cc3c2)cc1. The van der Waals surface area contributed by atoms with Crippen molar-refractivity contribution < 1.29 is 8.83 Å². The molecule has 2 aromatic heterocycles. The third kappa shape index (κ3) is 6.53. The van der Waals surface area contributed by atoms with Crippen molar-refractivity contribution in [1.29, 1.82) is 0 Å². The molecule has 12 aromatic carbocycles. The molecule has 328 valence electrons. The molecule has 0 aliphatic heterocycles. The molecule has 0 N–H and O–H groups in total. The molecular formula is C66H42N2O2. The largest absolute Gasteiger partial charge is 0.456 e. The molecule has 0 saturated carbocycles. The van der Waals surface area contributed by atoms with Crippen LogP contribution in [0.25, 0.3) is 98.4 Å². The molecule has 70 heavy (non-hydrogen) atoms. The molecule has 0 radical (unpaired) electrons. The van der Waals surface area contributed by atoms with Crippen molar-refractivity contribution in [3.8, 4) is 22.3 Å². The minimum absolute atomic E-state index is 0.835. The number of rotatable bonds is 8. The number of furan rings is 2. The van der Waals surface area contributed by atoms with E-state index in [-0.39, 0.29) is 0 Å². The highest BCUT2D eigenvalue weighted by Crippen LogP contribution is 2.51. The third-order valence-electron chi connectivity index (χ3n) is 14.0. The monoisotopic (exact) mass is 894 g/mol. The maximum absolute atomic E-state index is 6.64. The molecule has 0 aliphatic carbocycles. The molecule has 0 spiro atoms. The van der Waals surface area contributed by atoms with Gasteiger partial charge in [-0.2, -0.15) is 0 Å². The third-order valence-corrected chi connectivity index (χ3v) is 14.0. The summed E-state index contributed by atoms with van der Waals surface area (Å²) >= 11 is 0. The van der Waals surface area contributed by atoms with Crippen molar-refractivity contribution in [2.75, 3.05) is 9.80 Å². The molecule has 4 heteroatoms. The van der Waals surface area contributed by atoms with Gasteiger partial charge in [0.1, 0.15) is 22.3 Å². The topological polar surface area (TPSA) is 32.8 Å². The molecule has 14 aromatic rings. The first-order valence-electron chi connectivity index (χ1n) is 23.8. The maximum atomic E-state index is 6.64. The summed E-state index contributed by atoms with van der Waals surface area (Å²) in [6.07, 6.45) is 0. The summed E-state index contributed by atoms with van der Waals surface area (Å²) in [7, 11) is 0. The predicted octanol–water partition coefficient (Wildman–Crippen LogP) is 19.2. The predicted molar refractivity (Wildman–Crippen MR) is 294 cm³/mol. The van der Waals surface area contributed by atoms with Crippen molar-refractivity contribution in [3.05, 3.63) is 255 Å². The number of fused-ring (bicyclic) bond motifs is 9. The number of benzene rings is 12. The molecule has 0 saturated heterocycles.